The van der Waals surface area contributed by atoms with Crippen LogP contribution in [0.2, 0.25) is 5.02 Å². The molecule has 0 aliphatic heterocycles. The second kappa shape index (κ2) is 6.93. The number of nitrogens with zero attached hydrogens (tertiary/aromatic N) is 6. The molecule has 2 heterocycles. The van der Waals surface area contributed by atoms with Crippen molar-refractivity contribution in [2.75, 3.05) is 0 Å². The van der Waals surface area contributed by atoms with E-state index in [4.69, 9.17) is 11.6 Å². The van der Waals surface area contributed by atoms with Gasteiger partial charge in [0.1, 0.15) is 5.03 Å². The number of tetrazole rings is 1. The molecule has 26 heavy (non-hydrogen) atoms. The van der Waals surface area contributed by atoms with Gasteiger partial charge in [-0.3, -0.25) is 0 Å². The molecule has 2 aromatic carbocycles. The minimum Gasteiger partial charge on any atom is -0.227 e. The van der Waals surface area contributed by atoms with Crippen LogP contribution in [0.3, 0.4) is 0 Å². The third-order valence-corrected chi connectivity index (χ3v) is 4.56. The molecule has 8 heteroatoms. The summed E-state index contributed by atoms with van der Waals surface area (Å²) < 4.78 is 1.69. The monoisotopic (exact) mass is 382 g/mol. The maximum absolute atomic E-state index is 6.06. The van der Waals surface area contributed by atoms with Crippen LogP contribution in [-0.4, -0.2) is 30.0 Å². The first-order valence-electron chi connectivity index (χ1n) is 7.97. The molecule has 0 bridgehead atoms. The number of thiol groups is 1. The Morgan fingerprint density at radius 2 is 1.96 bits per heavy atom. The second-order valence-electron chi connectivity index (χ2n) is 5.91. The fraction of sp³-hybridized carbons (Fsp3) is 0.111. The van der Waals surface area contributed by atoms with Crippen molar-refractivity contribution in [3.8, 4) is 17.1 Å². The van der Waals surface area contributed by atoms with E-state index in [1.165, 1.54) is 5.56 Å². The van der Waals surface area contributed by atoms with Crippen LogP contribution >= 0.6 is 24.2 Å². The van der Waals surface area contributed by atoms with E-state index >= 15 is 0 Å². The Kier molecular flexibility index (Phi) is 4.48. The predicted octanol–water partition coefficient (Wildman–Crippen LogP) is 3.82. The van der Waals surface area contributed by atoms with Crippen molar-refractivity contribution < 1.29 is 0 Å². The van der Waals surface area contributed by atoms with E-state index in [0.29, 0.717) is 28.0 Å². The van der Waals surface area contributed by atoms with E-state index in [-0.39, 0.29) is 0 Å². The van der Waals surface area contributed by atoms with Crippen molar-refractivity contribution in [2.45, 2.75) is 18.5 Å². The van der Waals surface area contributed by atoms with Crippen LogP contribution in [0.5, 0.6) is 0 Å². The van der Waals surface area contributed by atoms with E-state index in [9.17, 15) is 0 Å². The number of hydrogen-bond acceptors (Lipinski definition) is 5. The van der Waals surface area contributed by atoms with E-state index < -0.39 is 0 Å². The Balaban J connectivity index is 1.62. The quantitative estimate of drug-likeness (QED) is 0.545. The van der Waals surface area contributed by atoms with Gasteiger partial charge in [-0.05, 0) is 35.9 Å². The molecule has 0 saturated heterocycles. The van der Waals surface area contributed by atoms with Crippen LogP contribution in [0, 0.1) is 6.92 Å². The van der Waals surface area contributed by atoms with Crippen molar-refractivity contribution in [3.63, 3.8) is 0 Å². The fourth-order valence-electron chi connectivity index (χ4n) is 2.69. The molecule has 6 nitrogen and oxygen atoms in total. The standard InChI is InChI=1S/C18H15ClN6S/c1-12-4-2-5-13(8-12)11-24-22-17(21-23-24)16-10-20-25(18(16)26)15-7-3-6-14(19)9-15/h2-10,26H,11H2,1H3. The van der Waals surface area contributed by atoms with E-state index in [2.05, 4.69) is 52.2 Å². The van der Waals surface area contributed by atoms with Gasteiger partial charge in [-0.2, -0.15) is 9.90 Å². The molecule has 0 radical (unpaired) electrons. The topological polar surface area (TPSA) is 61.4 Å². The van der Waals surface area contributed by atoms with Crippen molar-refractivity contribution in [1.82, 2.24) is 30.0 Å². The van der Waals surface area contributed by atoms with Gasteiger partial charge in [0.05, 0.1) is 24.0 Å². The second-order valence-corrected chi connectivity index (χ2v) is 6.77. The molecule has 4 rings (SSSR count). The maximum Gasteiger partial charge on any atom is 0.209 e. The first kappa shape index (κ1) is 16.8. The molecule has 4 aromatic rings. The van der Waals surface area contributed by atoms with Gasteiger partial charge in [-0.15, -0.1) is 22.8 Å². The average Bonchev–Trinajstić information content (AvgIpc) is 3.21. The van der Waals surface area contributed by atoms with Gasteiger partial charge >= 0.3 is 0 Å². The summed E-state index contributed by atoms with van der Waals surface area (Å²) >= 11 is 10.6. The van der Waals surface area contributed by atoms with Crippen LogP contribution < -0.4 is 0 Å². The molecule has 0 unspecified atom stereocenters. The summed E-state index contributed by atoms with van der Waals surface area (Å²) in [5.74, 6) is 0.482. The van der Waals surface area contributed by atoms with Crippen molar-refractivity contribution >= 4 is 24.2 Å². The number of aryl methyl sites for hydroxylation is 1. The zero-order chi connectivity index (χ0) is 18.1. The van der Waals surface area contributed by atoms with E-state index in [1.54, 1.807) is 15.7 Å². The highest BCUT2D eigenvalue weighted by Crippen LogP contribution is 2.26. The number of hydrogen-bond donors (Lipinski definition) is 1. The first-order chi connectivity index (χ1) is 12.6. The largest absolute Gasteiger partial charge is 0.227 e. The Hall–Kier alpha value is -2.64. The third kappa shape index (κ3) is 3.36. The fourth-order valence-corrected chi connectivity index (χ4v) is 3.20. The van der Waals surface area contributed by atoms with Crippen molar-refractivity contribution in [1.29, 1.82) is 0 Å². The number of halogens is 1. The van der Waals surface area contributed by atoms with Crippen LogP contribution in [0.15, 0.2) is 59.8 Å². The third-order valence-electron chi connectivity index (χ3n) is 3.90. The molecular weight excluding hydrogens is 368 g/mol. The van der Waals surface area contributed by atoms with Gasteiger partial charge in [-0.1, -0.05) is 47.5 Å². The highest BCUT2D eigenvalue weighted by Gasteiger charge is 2.16. The molecule has 0 aliphatic rings. The normalized spacial score (nSPS) is 11.0. The Bertz CT molecular complexity index is 1070. The van der Waals surface area contributed by atoms with Gasteiger partial charge in [0.2, 0.25) is 5.82 Å². The molecule has 0 atom stereocenters. The summed E-state index contributed by atoms with van der Waals surface area (Å²) in [6.45, 7) is 2.61. The predicted molar refractivity (Wildman–Crippen MR) is 103 cm³/mol. The summed E-state index contributed by atoms with van der Waals surface area (Å²) in [7, 11) is 0. The number of aromatic nitrogens is 6. The Morgan fingerprint density at radius 3 is 2.77 bits per heavy atom. The molecule has 0 N–H and O–H groups in total. The summed E-state index contributed by atoms with van der Waals surface area (Å²) in [6, 6.07) is 15.6. The lowest BCUT2D eigenvalue weighted by Gasteiger charge is -2.04. The Labute approximate surface area is 160 Å². The van der Waals surface area contributed by atoms with Crippen LogP contribution in [0.4, 0.5) is 0 Å². The van der Waals surface area contributed by atoms with Gasteiger partial charge in [0.25, 0.3) is 0 Å². The summed E-state index contributed by atoms with van der Waals surface area (Å²) in [6.07, 6.45) is 1.68. The molecular formula is C18H15ClN6S. The van der Waals surface area contributed by atoms with E-state index in [1.807, 2.05) is 36.4 Å². The summed E-state index contributed by atoms with van der Waals surface area (Å²) in [5, 5.41) is 18.4. The SMILES string of the molecule is Cc1cccc(Cn2nnc(-c3cnn(-c4cccc(Cl)c4)c3S)n2)c1. The zero-order valence-corrected chi connectivity index (χ0v) is 15.6. The van der Waals surface area contributed by atoms with Gasteiger partial charge in [0, 0.05) is 5.02 Å². The minimum absolute atomic E-state index is 0.482. The number of benzene rings is 2. The molecule has 2 aromatic heterocycles. The molecule has 0 aliphatic carbocycles. The van der Waals surface area contributed by atoms with Gasteiger partial charge in [0.15, 0.2) is 0 Å². The first-order valence-corrected chi connectivity index (χ1v) is 8.79. The summed E-state index contributed by atoms with van der Waals surface area (Å²) in [4.78, 5) is 1.56. The highest BCUT2D eigenvalue weighted by atomic mass is 35.5. The van der Waals surface area contributed by atoms with Crippen LogP contribution in [-0.2, 0) is 6.54 Å². The molecule has 0 fully saturated rings. The number of rotatable bonds is 4. The average molecular weight is 383 g/mol. The molecule has 130 valence electrons. The Morgan fingerprint density at radius 1 is 1.12 bits per heavy atom. The zero-order valence-electron chi connectivity index (χ0n) is 13.9. The lowest BCUT2D eigenvalue weighted by atomic mass is 10.1. The van der Waals surface area contributed by atoms with Crippen LogP contribution in [0.1, 0.15) is 11.1 Å². The van der Waals surface area contributed by atoms with E-state index in [0.717, 1.165) is 11.3 Å². The molecule has 0 saturated carbocycles. The van der Waals surface area contributed by atoms with Crippen molar-refractivity contribution in [3.05, 3.63) is 70.9 Å². The lowest BCUT2D eigenvalue weighted by Crippen LogP contribution is -2.04. The molecule has 0 amide bonds. The summed E-state index contributed by atoms with van der Waals surface area (Å²) in [5.41, 5.74) is 3.85. The molecule has 0 spiro atoms. The highest BCUT2D eigenvalue weighted by molar-refractivity contribution is 7.80. The lowest BCUT2D eigenvalue weighted by molar-refractivity contribution is 0.572. The van der Waals surface area contributed by atoms with Gasteiger partial charge < -0.3 is 0 Å². The van der Waals surface area contributed by atoms with Crippen LogP contribution in [0.25, 0.3) is 17.1 Å². The van der Waals surface area contributed by atoms with Gasteiger partial charge in [-0.25, -0.2) is 4.68 Å². The maximum atomic E-state index is 6.06. The minimum atomic E-state index is 0.482. The van der Waals surface area contributed by atoms with Crippen molar-refractivity contribution in [2.24, 2.45) is 0 Å². The smallest absolute Gasteiger partial charge is 0.209 e.